The van der Waals surface area contributed by atoms with E-state index in [2.05, 4.69) is 31.1 Å². The molecule has 0 aliphatic carbocycles. The summed E-state index contributed by atoms with van der Waals surface area (Å²) in [5.41, 5.74) is 0.995. The number of hydrogen-bond donors (Lipinski definition) is 2. The summed E-state index contributed by atoms with van der Waals surface area (Å²) in [6, 6.07) is 0. The lowest BCUT2D eigenvalue weighted by Crippen LogP contribution is -2.35. The highest BCUT2D eigenvalue weighted by Crippen LogP contribution is 2.17. The lowest BCUT2D eigenvalue weighted by Gasteiger charge is -2.17. The van der Waals surface area contributed by atoms with Crippen LogP contribution >= 0.6 is 0 Å². The van der Waals surface area contributed by atoms with E-state index >= 15 is 0 Å². The van der Waals surface area contributed by atoms with Gasteiger partial charge in [0, 0.05) is 19.5 Å². The van der Waals surface area contributed by atoms with E-state index in [4.69, 9.17) is 4.74 Å². The lowest BCUT2D eigenvalue weighted by atomic mass is 9.96. The van der Waals surface area contributed by atoms with Crippen LogP contribution in [-0.4, -0.2) is 31.7 Å². The summed E-state index contributed by atoms with van der Waals surface area (Å²) in [6.07, 6.45) is 10.3. The molecule has 26 heavy (non-hydrogen) atoms. The predicted molar refractivity (Wildman–Crippen MR) is 108 cm³/mol. The van der Waals surface area contributed by atoms with E-state index in [1.807, 2.05) is 6.92 Å². The Morgan fingerprint density at radius 2 is 1.58 bits per heavy atom. The summed E-state index contributed by atoms with van der Waals surface area (Å²) in [5.74, 6) is 0.439. The monoisotopic (exact) mass is 368 g/mol. The van der Waals surface area contributed by atoms with E-state index in [1.165, 1.54) is 38.5 Å². The standard InChI is InChI=1S/C21H40N2O3/c1-5-7-9-10-12-19(11-8-6-2)17-26-21(25)23-16-15-22-20(24)14-13-18(3)4/h19H,3,5-17H2,1-2,4H3,(H,22,24)(H,23,25). The Bertz CT molecular complexity index is 397. The molecule has 0 aliphatic heterocycles. The average Bonchev–Trinajstić information content (AvgIpc) is 2.62. The molecule has 152 valence electrons. The van der Waals surface area contributed by atoms with Gasteiger partial charge in [0.2, 0.25) is 5.91 Å². The van der Waals surface area contributed by atoms with Crippen LogP contribution in [0.5, 0.6) is 0 Å². The number of allylic oxidation sites excluding steroid dienone is 1. The quantitative estimate of drug-likeness (QED) is 0.299. The van der Waals surface area contributed by atoms with Crippen LogP contribution in [0.4, 0.5) is 4.79 Å². The van der Waals surface area contributed by atoms with E-state index in [9.17, 15) is 9.59 Å². The van der Waals surface area contributed by atoms with Crippen molar-refractivity contribution in [2.75, 3.05) is 19.7 Å². The van der Waals surface area contributed by atoms with Crippen molar-refractivity contribution < 1.29 is 14.3 Å². The van der Waals surface area contributed by atoms with Crippen LogP contribution in [0.2, 0.25) is 0 Å². The number of unbranched alkanes of at least 4 members (excludes halogenated alkanes) is 4. The van der Waals surface area contributed by atoms with Crippen LogP contribution in [0.15, 0.2) is 12.2 Å². The van der Waals surface area contributed by atoms with E-state index in [0.29, 0.717) is 38.5 Å². The van der Waals surface area contributed by atoms with Gasteiger partial charge in [-0.25, -0.2) is 4.79 Å². The predicted octanol–water partition coefficient (Wildman–Crippen LogP) is 4.96. The van der Waals surface area contributed by atoms with Gasteiger partial charge in [-0.1, -0.05) is 57.9 Å². The van der Waals surface area contributed by atoms with Gasteiger partial charge in [-0.2, -0.15) is 0 Å². The van der Waals surface area contributed by atoms with Gasteiger partial charge in [-0.3, -0.25) is 4.79 Å². The Hall–Kier alpha value is -1.52. The molecule has 0 aromatic rings. The fourth-order valence-corrected chi connectivity index (χ4v) is 2.69. The Labute approximate surface area is 160 Å². The fraction of sp³-hybridized carbons (Fsp3) is 0.810. The molecular formula is C21H40N2O3. The zero-order chi connectivity index (χ0) is 19.6. The number of nitrogens with one attached hydrogen (secondary N) is 2. The molecule has 0 aliphatic rings. The first kappa shape index (κ1) is 24.5. The van der Waals surface area contributed by atoms with Gasteiger partial charge in [0.15, 0.2) is 0 Å². The normalized spacial score (nSPS) is 11.7. The maximum Gasteiger partial charge on any atom is 0.407 e. The number of carbonyl (C=O) groups excluding carboxylic acids is 2. The molecule has 5 heteroatoms. The number of alkyl carbamates (subject to hydrolysis) is 1. The second-order valence-electron chi connectivity index (χ2n) is 7.19. The molecule has 0 aromatic carbocycles. The van der Waals surface area contributed by atoms with Crippen molar-refractivity contribution in [3.63, 3.8) is 0 Å². The third-order valence-corrected chi connectivity index (χ3v) is 4.38. The van der Waals surface area contributed by atoms with Crippen LogP contribution in [0.25, 0.3) is 0 Å². The number of rotatable bonds is 16. The van der Waals surface area contributed by atoms with Crippen LogP contribution in [-0.2, 0) is 9.53 Å². The summed E-state index contributed by atoms with van der Waals surface area (Å²) < 4.78 is 5.37. The smallest absolute Gasteiger partial charge is 0.407 e. The number of hydrogen-bond acceptors (Lipinski definition) is 3. The molecule has 0 radical (unpaired) electrons. The highest BCUT2D eigenvalue weighted by Gasteiger charge is 2.11. The first-order valence-electron chi connectivity index (χ1n) is 10.3. The minimum absolute atomic E-state index is 0.0186. The molecule has 0 aromatic heterocycles. The summed E-state index contributed by atoms with van der Waals surface area (Å²) >= 11 is 0. The topological polar surface area (TPSA) is 67.4 Å². The highest BCUT2D eigenvalue weighted by molar-refractivity contribution is 5.76. The van der Waals surface area contributed by atoms with Crippen molar-refractivity contribution in [2.24, 2.45) is 5.92 Å². The van der Waals surface area contributed by atoms with E-state index < -0.39 is 6.09 Å². The zero-order valence-electron chi connectivity index (χ0n) is 17.2. The van der Waals surface area contributed by atoms with Crippen molar-refractivity contribution in [3.05, 3.63) is 12.2 Å². The minimum atomic E-state index is -0.392. The summed E-state index contributed by atoms with van der Waals surface area (Å²) in [4.78, 5) is 23.4. The van der Waals surface area contributed by atoms with Gasteiger partial charge in [0.05, 0.1) is 6.61 Å². The molecular weight excluding hydrogens is 328 g/mol. The van der Waals surface area contributed by atoms with Gasteiger partial charge in [0.25, 0.3) is 0 Å². The molecule has 0 spiro atoms. The Balaban J connectivity index is 3.85. The maximum atomic E-state index is 11.8. The van der Waals surface area contributed by atoms with E-state index in [-0.39, 0.29) is 5.91 Å². The number of ether oxygens (including phenoxy) is 1. The van der Waals surface area contributed by atoms with E-state index in [0.717, 1.165) is 18.4 Å². The van der Waals surface area contributed by atoms with E-state index in [1.54, 1.807) is 0 Å². The molecule has 0 saturated carbocycles. The Kier molecular flexibility index (Phi) is 15.9. The van der Waals surface area contributed by atoms with Crippen LogP contribution in [0.1, 0.15) is 85.0 Å². The SMILES string of the molecule is C=C(C)CCC(=O)NCCNC(=O)OCC(CCCC)CCCCCC. The van der Waals surface area contributed by atoms with Crippen LogP contribution < -0.4 is 10.6 Å². The number of carbonyl (C=O) groups is 2. The largest absolute Gasteiger partial charge is 0.449 e. The molecule has 1 atom stereocenters. The second-order valence-corrected chi connectivity index (χ2v) is 7.19. The van der Waals surface area contributed by atoms with Crippen molar-refractivity contribution in [1.82, 2.24) is 10.6 Å². The number of amides is 2. The summed E-state index contributed by atoms with van der Waals surface area (Å²) in [5, 5.41) is 5.47. The maximum absolute atomic E-state index is 11.8. The Morgan fingerprint density at radius 3 is 2.23 bits per heavy atom. The molecule has 2 amide bonds. The molecule has 1 unspecified atom stereocenters. The van der Waals surface area contributed by atoms with Crippen molar-refractivity contribution in [3.8, 4) is 0 Å². The lowest BCUT2D eigenvalue weighted by molar-refractivity contribution is -0.121. The Morgan fingerprint density at radius 1 is 0.923 bits per heavy atom. The molecule has 2 N–H and O–H groups in total. The summed E-state index contributed by atoms with van der Waals surface area (Å²) in [7, 11) is 0. The average molecular weight is 369 g/mol. The van der Waals surface area contributed by atoms with Crippen molar-refractivity contribution >= 4 is 12.0 Å². The van der Waals surface area contributed by atoms with Crippen molar-refractivity contribution in [1.29, 1.82) is 0 Å². The molecule has 5 nitrogen and oxygen atoms in total. The first-order chi connectivity index (χ1) is 12.5. The fourth-order valence-electron chi connectivity index (χ4n) is 2.69. The third kappa shape index (κ3) is 16.0. The van der Waals surface area contributed by atoms with Crippen LogP contribution in [0.3, 0.4) is 0 Å². The van der Waals surface area contributed by atoms with Gasteiger partial charge in [0.1, 0.15) is 0 Å². The third-order valence-electron chi connectivity index (χ3n) is 4.38. The molecule has 0 heterocycles. The van der Waals surface area contributed by atoms with Crippen molar-refractivity contribution in [2.45, 2.75) is 85.0 Å². The van der Waals surface area contributed by atoms with Gasteiger partial charge >= 0.3 is 6.09 Å². The van der Waals surface area contributed by atoms with Gasteiger partial charge < -0.3 is 15.4 Å². The van der Waals surface area contributed by atoms with Gasteiger partial charge in [-0.05, 0) is 32.1 Å². The second kappa shape index (κ2) is 16.9. The molecule has 0 fully saturated rings. The molecule has 0 saturated heterocycles. The first-order valence-corrected chi connectivity index (χ1v) is 10.3. The summed E-state index contributed by atoms with van der Waals surface area (Å²) in [6.45, 7) is 11.4. The molecule has 0 rings (SSSR count). The van der Waals surface area contributed by atoms with Gasteiger partial charge in [-0.15, -0.1) is 6.58 Å². The molecule has 0 bridgehead atoms. The zero-order valence-corrected chi connectivity index (χ0v) is 17.2. The minimum Gasteiger partial charge on any atom is -0.449 e. The highest BCUT2D eigenvalue weighted by atomic mass is 16.5. The van der Waals surface area contributed by atoms with Crippen LogP contribution in [0, 0.1) is 5.92 Å².